The smallest absolute Gasteiger partial charge is 0.124 e. The van der Waals surface area contributed by atoms with Crippen LogP contribution < -0.4 is 5.32 Å². The van der Waals surface area contributed by atoms with Crippen LogP contribution in [0.25, 0.3) is 0 Å². The number of aryl methyl sites for hydroxylation is 1. The highest BCUT2D eigenvalue weighted by molar-refractivity contribution is 9.10. The van der Waals surface area contributed by atoms with Gasteiger partial charge in [-0.3, -0.25) is 0 Å². The summed E-state index contributed by atoms with van der Waals surface area (Å²) >= 11 is 5.05. The molecule has 1 aromatic carbocycles. The van der Waals surface area contributed by atoms with Crippen LogP contribution in [0.1, 0.15) is 29.6 Å². The summed E-state index contributed by atoms with van der Waals surface area (Å²) in [5.41, 5.74) is 2.07. The molecule has 5 heteroatoms. The molecule has 0 spiro atoms. The topological polar surface area (TPSA) is 24.9 Å². The van der Waals surface area contributed by atoms with Gasteiger partial charge < -0.3 is 5.32 Å². The number of rotatable bonds is 7. The van der Waals surface area contributed by atoms with Crippen molar-refractivity contribution in [3.63, 3.8) is 0 Å². The van der Waals surface area contributed by atoms with Gasteiger partial charge in [-0.2, -0.15) is 0 Å². The fourth-order valence-corrected chi connectivity index (χ4v) is 3.65. The molecule has 114 valence electrons. The summed E-state index contributed by atoms with van der Waals surface area (Å²) in [5.74, 6) is -0.196. The summed E-state index contributed by atoms with van der Waals surface area (Å²) in [6, 6.07) is 5.36. The van der Waals surface area contributed by atoms with Gasteiger partial charge in [0, 0.05) is 28.0 Å². The SMILES string of the molecule is CCCNC(Cc1cc(F)cc(Br)c1)Cc1nc(C)cs1. The average molecular weight is 371 g/mol. The van der Waals surface area contributed by atoms with Crippen molar-refractivity contribution in [1.82, 2.24) is 10.3 Å². The molecule has 2 nitrogen and oxygen atoms in total. The molecule has 0 saturated carbocycles. The second-order valence-electron chi connectivity index (χ2n) is 5.22. The average Bonchev–Trinajstić information content (AvgIpc) is 2.80. The van der Waals surface area contributed by atoms with Crippen molar-refractivity contribution in [3.8, 4) is 0 Å². The van der Waals surface area contributed by atoms with Crippen LogP contribution in [0.5, 0.6) is 0 Å². The van der Waals surface area contributed by atoms with Crippen LogP contribution in [0.3, 0.4) is 0 Å². The summed E-state index contributed by atoms with van der Waals surface area (Å²) in [6.07, 6.45) is 2.77. The van der Waals surface area contributed by atoms with E-state index in [9.17, 15) is 4.39 Å². The second-order valence-corrected chi connectivity index (χ2v) is 7.08. The van der Waals surface area contributed by atoms with E-state index in [1.54, 1.807) is 17.4 Å². The molecule has 1 aromatic heterocycles. The van der Waals surface area contributed by atoms with E-state index in [0.29, 0.717) is 0 Å². The monoisotopic (exact) mass is 370 g/mol. The van der Waals surface area contributed by atoms with Crippen molar-refractivity contribution in [1.29, 1.82) is 0 Å². The van der Waals surface area contributed by atoms with Crippen molar-refractivity contribution in [2.75, 3.05) is 6.54 Å². The first-order valence-electron chi connectivity index (χ1n) is 7.16. The summed E-state index contributed by atoms with van der Waals surface area (Å²) < 4.78 is 14.3. The fraction of sp³-hybridized carbons (Fsp3) is 0.438. The Morgan fingerprint density at radius 2 is 2.14 bits per heavy atom. The zero-order chi connectivity index (χ0) is 15.2. The molecule has 1 unspecified atom stereocenters. The molecule has 0 aliphatic rings. The minimum Gasteiger partial charge on any atom is -0.313 e. The van der Waals surface area contributed by atoms with Crippen molar-refractivity contribution < 1.29 is 4.39 Å². The van der Waals surface area contributed by atoms with Crippen LogP contribution in [0.2, 0.25) is 0 Å². The van der Waals surface area contributed by atoms with Gasteiger partial charge >= 0.3 is 0 Å². The van der Waals surface area contributed by atoms with Crippen LogP contribution in [0.15, 0.2) is 28.1 Å². The van der Waals surface area contributed by atoms with Gasteiger partial charge in [-0.15, -0.1) is 11.3 Å². The first-order valence-corrected chi connectivity index (χ1v) is 8.83. The third-order valence-electron chi connectivity index (χ3n) is 3.18. The third-order valence-corrected chi connectivity index (χ3v) is 4.62. The molecule has 0 aliphatic carbocycles. The Kier molecular flexibility index (Phi) is 6.33. The second kappa shape index (κ2) is 8.01. The van der Waals surface area contributed by atoms with Gasteiger partial charge in [0.15, 0.2) is 0 Å². The van der Waals surface area contributed by atoms with E-state index < -0.39 is 0 Å². The highest BCUT2D eigenvalue weighted by atomic mass is 79.9. The van der Waals surface area contributed by atoms with Gasteiger partial charge in [-0.1, -0.05) is 22.9 Å². The first-order chi connectivity index (χ1) is 10.1. The Bertz CT molecular complexity index is 565. The molecule has 0 aliphatic heterocycles. The van der Waals surface area contributed by atoms with E-state index >= 15 is 0 Å². The van der Waals surface area contributed by atoms with Crippen LogP contribution >= 0.6 is 27.3 Å². The van der Waals surface area contributed by atoms with Crippen LogP contribution in [0.4, 0.5) is 4.39 Å². The number of aromatic nitrogens is 1. The van der Waals surface area contributed by atoms with E-state index in [-0.39, 0.29) is 11.9 Å². The van der Waals surface area contributed by atoms with Crippen molar-refractivity contribution in [2.24, 2.45) is 0 Å². The van der Waals surface area contributed by atoms with E-state index in [4.69, 9.17) is 0 Å². The number of halogens is 2. The number of nitrogens with one attached hydrogen (secondary N) is 1. The van der Waals surface area contributed by atoms with Crippen LogP contribution in [0, 0.1) is 12.7 Å². The fourth-order valence-electron chi connectivity index (χ4n) is 2.29. The molecular formula is C16H20BrFN2S. The lowest BCUT2D eigenvalue weighted by Gasteiger charge is -2.18. The molecule has 0 saturated heterocycles. The quantitative estimate of drug-likeness (QED) is 0.775. The molecule has 0 fully saturated rings. The lowest BCUT2D eigenvalue weighted by Crippen LogP contribution is -2.33. The maximum absolute atomic E-state index is 13.5. The van der Waals surface area contributed by atoms with Crippen molar-refractivity contribution in [2.45, 2.75) is 39.2 Å². The van der Waals surface area contributed by atoms with Crippen LogP contribution in [-0.4, -0.2) is 17.6 Å². The predicted octanol–water partition coefficient (Wildman–Crippen LogP) is 4.51. The number of benzene rings is 1. The van der Waals surface area contributed by atoms with E-state index in [2.05, 4.69) is 38.5 Å². The molecule has 21 heavy (non-hydrogen) atoms. The first kappa shape index (κ1) is 16.6. The highest BCUT2D eigenvalue weighted by Crippen LogP contribution is 2.18. The molecule has 0 amide bonds. The Morgan fingerprint density at radius 3 is 2.76 bits per heavy atom. The van der Waals surface area contributed by atoms with Crippen molar-refractivity contribution in [3.05, 3.63) is 50.1 Å². The minimum absolute atomic E-state index is 0.196. The maximum Gasteiger partial charge on any atom is 0.124 e. The third kappa shape index (κ3) is 5.49. The molecule has 1 atom stereocenters. The summed E-state index contributed by atoms with van der Waals surface area (Å²) in [5, 5.41) is 6.75. The Labute approximate surface area is 137 Å². The molecule has 1 N–H and O–H groups in total. The lowest BCUT2D eigenvalue weighted by atomic mass is 10.0. The number of hydrogen-bond acceptors (Lipinski definition) is 3. The molecule has 2 aromatic rings. The maximum atomic E-state index is 13.5. The van der Waals surface area contributed by atoms with Gasteiger partial charge in [0.05, 0.1) is 5.01 Å². The highest BCUT2D eigenvalue weighted by Gasteiger charge is 2.13. The number of hydrogen-bond donors (Lipinski definition) is 1. The molecule has 1 heterocycles. The Morgan fingerprint density at radius 1 is 1.33 bits per heavy atom. The van der Waals surface area contributed by atoms with Crippen LogP contribution in [-0.2, 0) is 12.8 Å². The van der Waals surface area contributed by atoms with E-state index in [1.807, 2.05) is 13.0 Å². The Balaban J connectivity index is 2.07. The lowest BCUT2D eigenvalue weighted by molar-refractivity contribution is 0.502. The summed E-state index contributed by atoms with van der Waals surface area (Å²) in [4.78, 5) is 4.53. The number of nitrogens with zero attached hydrogens (tertiary/aromatic N) is 1. The van der Waals surface area contributed by atoms with Gasteiger partial charge in [-0.25, -0.2) is 9.37 Å². The standard InChI is InChI=1S/C16H20BrFN2S/c1-3-4-19-15(9-16-20-11(2)10-21-16)7-12-5-13(17)8-14(18)6-12/h5-6,8,10,15,19H,3-4,7,9H2,1-2H3. The Hall–Kier alpha value is -0.780. The van der Waals surface area contributed by atoms with Gasteiger partial charge in [0.1, 0.15) is 5.82 Å². The van der Waals surface area contributed by atoms with Gasteiger partial charge in [-0.05, 0) is 50.1 Å². The largest absolute Gasteiger partial charge is 0.313 e. The zero-order valence-electron chi connectivity index (χ0n) is 12.3. The summed E-state index contributed by atoms with van der Waals surface area (Å²) in [7, 11) is 0. The number of thiazole rings is 1. The minimum atomic E-state index is -0.196. The van der Waals surface area contributed by atoms with Gasteiger partial charge in [0.2, 0.25) is 0 Å². The van der Waals surface area contributed by atoms with E-state index in [1.165, 1.54) is 6.07 Å². The molecule has 0 radical (unpaired) electrons. The molecule has 2 rings (SSSR count). The predicted molar refractivity (Wildman–Crippen MR) is 90.4 cm³/mol. The van der Waals surface area contributed by atoms with Crippen molar-refractivity contribution >= 4 is 27.3 Å². The normalized spacial score (nSPS) is 12.6. The zero-order valence-corrected chi connectivity index (χ0v) is 14.7. The summed E-state index contributed by atoms with van der Waals surface area (Å²) in [6.45, 7) is 5.13. The molecule has 0 bridgehead atoms. The van der Waals surface area contributed by atoms with E-state index in [0.717, 1.165) is 46.5 Å². The molecular weight excluding hydrogens is 351 g/mol. The van der Waals surface area contributed by atoms with Gasteiger partial charge in [0.25, 0.3) is 0 Å².